The van der Waals surface area contributed by atoms with Gasteiger partial charge in [0.15, 0.2) is 6.61 Å². The van der Waals surface area contributed by atoms with Gasteiger partial charge in [-0.1, -0.05) is 41.4 Å². The van der Waals surface area contributed by atoms with Crippen LogP contribution in [-0.2, 0) is 4.79 Å². The molecule has 0 aromatic heterocycles. The lowest BCUT2D eigenvalue weighted by molar-refractivity contribution is -0.139. The zero-order valence-corrected chi connectivity index (χ0v) is 20.1. The van der Waals surface area contributed by atoms with Gasteiger partial charge in [-0.05, 0) is 36.4 Å². The monoisotopic (exact) mass is 505 g/mol. The van der Waals surface area contributed by atoms with E-state index in [1.165, 1.54) is 6.07 Å². The Balaban J connectivity index is 1.54. The minimum atomic E-state index is -1.06. The van der Waals surface area contributed by atoms with Crippen LogP contribution in [0.3, 0.4) is 0 Å². The van der Waals surface area contributed by atoms with Crippen LogP contribution in [0.2, 0.25) is 10.0 Å². The van der Waals surface area contributed by atoms with Crippen LogP contribution in [0.5, 0.6) is 17.2 Å². The van der Waals surface area contributed by atoms with Crippen LogP contribution in [0.4, 0.5) is 5.69 Å². The number of ether oxygens (including phenoxy) is 3. The fourth-order valence-electron chi connectivity index (χ4n) is 2.96. The largest absolute Gasteiger partial charge is 0.492 e. The number of hydrazone groups is 1. The summed E-state index contributed by atoms with van der Waals surface area (Å²) in [5, 5.41) is 15.8. The molecule has 0 aliphatic heterocycles. The quantitative estimate of drug-likeness (QED) is 0.305. The van der Waals surface area contributed by atoms with Crippen molar-refractivity contribution >= 4 is 40.6 Å². The smallest absolute Gasteiger partial charge is 0.341 e. The Kier molecular flexibility index (Phi) is 9.63. The van der Waals surface area contributed by atoms with E-state index in [4.69, 9.17) is 42.5 Å². The topological polar surface area (TPSA) is 92.6 Å². The molecule has 0 fully saturated rings. The molecule has 1 aliphatic carbocycles. The van der Waals surface area contributed by atoms with Crippen molar-refractivity contribution in [2.24, 2.45) is 5.10 Å². The van der Waals surface area contributed by atoms with Crippen LogP contribution in [0.1, 0.15) is 12.8 Å². The molecule has 0 bridgehead atoms. The summed E-state index contributed by atoms with van der Waals surface area (Å²) in [7, 11) is 1.77. The highest BCUT2D eigenvalue weighted by Gasteiger charge is 2.13. The summed E-state index contributed by atoms with van der Waals surface area (Å²) in [4.78, 5) is 10.6. The summed E-state index contributed by atoms with van der Waals surface area (Å²) in [6, 6.07) is 10.1. The van der Waals surface area contributed by atoms with Crippen molar-refractivity contribution < 1.29 is 24.1 Å². The van der Waals surface area contributed by atoms with E-state index in [-0.39, 0.29) is 0 Å². The molecule has 0 saturated carbocycles. The number of nitrogens with one attached hydrogen (secondary N) is 1. The first-order valence-corrected chi connectivity index (χ1v) is 11.3. The SMILES string of the molecule is CNN(/N=C1/C=CC=CC1)c1cc(Cl)ccc1OCCCOc1ccc(OCC(=O)O)cc1Cl. The Bertz CT molecular complexity index is 1090. The van der Waals surface area contributed by atoms with Gasteiger partial charge in [0, 0.05) is 31.0 Å². The molecule has 8 nitrogen and oxygen atoms in total. The third-order valence-corrected chi connectivity index (χ3v) is 5.05. The number of hydrogen-bond donors (Lipinski definition) is 2. The van der Waals surface area contributed by atoms with Crippen LogP contribution in [0.25, 0.3) is 0 Å². The van der Waals surface area contributed by atoms with Crippen molar-refractivity contribution in [3.8, 4) is 17.2 Å². The van der Waals surface area contributed by atoms with Gasteiger partial charge >= 0.3 is 5.97 Å². The van der Waals surface area contributed by atoms with Gasteiger partial charge in [0.1, 0.15) is 22.9 Å². The maximum atomic E-state index is 10.6. The summed E-state index contributed by atoms with van der Waals surface area (Å²) in [6.07, 6.45) is 9.23. The Morgan fingerprint density at radius 1 is 1.09 bits per heavy atom. The Morgan fingerprint density at radius 2 is 1.85 bits per heavy atom. The minimum Gasteiger partial charge on any atom is -0.492 e. The van der Waals surface area contributed by atoms with Crippen molar-refractivity contribution in [1.29, 1.82) is 0 Å². The number of aliphatic carboxylic acids is 1. The first kappa shape index (κ1) is 25.4. The van der Waals surface area contributed by atoms with E-state index in [1.54, 1.807) is 42.5 Å². The van der Waals surface area contributed by atoms with Crippen LogP contribution in [-0.4, -0.2) is 43.7 Å². The molecule has 34 heavy (non-hydrogen) atoms. The number of allylic oxidation sites excluding steroid dienone is 4. The number of nitrogens with zero attached hydrogens (tertiary/aromatic N) is 2. The Morgan fingerprint density at radius 3 is 2.53 bits per heavy atom. The van der Waals surface area contributed by atoms with Crippen molar-refractivity contribution in [2.75, 3.05) is 32.0 Å². The second kappa shape index (κ2) is 12.9. The summed E-state index contributed by atoms with van der Waals surface area (Å²) in [6.45, 7) is 0.321. The van der Waals surface area contributed by atoms with E-state index in [2.05, 4.69) is 10.5 Å². The average Bonchev–Trinajstić information content (AvgIpc) is 2.83. The average molecular weight is 506 g/mol. The van der Waals surface area contributed by atoms with E-state index >= 15 is 0 Å². The summed E-state index contributed by atoms with van der Waals surface area (Å²) < 4.78 is 16.8. The van der Waals surface area contributed by atoms with Crippen LogP contribution >= 0.6 is 23.2 Å². The molecule has 0 radical (unpaired) electrons. The van der Waals surface area contributed by atoms with Crippen molar-refractivity contribution in [3.63, 3.8) is 0 Å². The number of halogens is 2. The molecule has 0 heterocycles. The molecular weight excluding hydrogens is 481 g/mol. The summed E-state index contributed by atoms with van der Waals surface area (Å²) >= 11 is 12.4. The van der Waals surface area contributed by atoms with Gasteiger partial charge in [-0.3, -0.25) is 0 Å². The standard InChI is InChI=1S/C24H25Cl2N3O5/c1-27-29(28-18-6-3-2-4-7-18)21-14-17(25)8-10-23(21)33-13-5-12-32-22-11-9-19(15-20(22)26)34-16-24(30)31/h2-4,6,8-11,14-15,27H,5,7,12-13,16H2,1H3,(H,30,31)/b28-18-. The van der Waals surface area contributed by atoms with Crippen molar-refractivity contribution in [3.05, 3.63) is 70.7 Å². The molecule has 3 rings (SSSR count). The lowest BCUT2D eigenvalue weighted by Crippen LogP contribution is -2.31. The predicted octanol–water partition coefficient (Wildman–Crippen LogP) is 5.12. The molecule has 2 N–H and O–H groups in total. The highest BCUT2D eigenvalue weighted by Crippen LogP contribution is 2.32. The zero-order chi connectivity index (χ0) is 24.3. The van der Waals surface area contributed by atoms with Gasteiger partial charge in [-0.15, -0.1) is 0 Å². The van der Waals surface area contributed by atoms with Gasteiger partial charge in [-0.25, -0.2) is 10.2 Å². The van der Waals surface area contributed by atoms with Crippen LogP contribution in [0, 0.1) is 0 Å². The van der Waals surface area contributed by atoms with E-state index in [1.807, 2.05) is 24.3 Å². The zero-order valence-electron chi connectivity index (χ0n) is 18.5. The van der Waals surface area contributed by atoms with Gasteiger partial charge in [0.05, 0.1) is 23.9 Å². The number of carbonyl (C=O) groups is 1. The number of anilines is 1. The van der Waals surface area contributed by atoms with Gasteiger partial charge < -0.3 is 19.3 Å². The minimum absolute atomic E-state index is 0.333. The fourth-order valence-corrected chi connectivity index (χ4v) is 3.36. The van der Waals surface area contributed by atoms with Crippen LogP contribution < -0.4 is 24.8 Å². The summed E-state index contributed by atoms with van der Waals surface area (Å²) in [5.74, 6) is 0.393. The Labute approximate surface area is 208 Å². The molecule has 2 aromatic carbocycles. The third kappa shape index (κ3) is 7.69. The number of carboxylic acid groups (broad SMARTS) is 1. The number of rotatable bonds is 12. The normalized spacial score (nSPS) is 13.7. The molecule has 10 heteroatoms. The molecule has 1 aliphatic rings. The molecule has 2 aromatic rings. The van der Waals surface area contributed by atoms with E-state index in [0.29, 0.717) is 52.6 Å². The molecular formula is C24H25Cl2N3O5. The van der Waals surface area contributed by atoms with E-state index in [9.17, 15) is 4.79 Å². The van der Waals surface area contributed by atoms with Gasteiger partial charge in [0.2, 0.25) is 0 Å². The predicted molar refractivity (Wildman–Crippen MR) is 134 cm³/mol. The number of hydrogen-bond acceptors (Lipinski definition) is 7. The molecule has 0 saturated heterocycles. The number of carboxylic acids is 1. The van der Waals surface area contributed by atoms with Crippen LogP contribution in [0.15, 0.2) is 65.8 Å². The molecule has 0 unspecified atom stereocenters. The second-order valence-corrected chi connectivity index (χ2v) is 7.90. The van der Waals surface area contributed by atoms with E-state index < -0.39 is 12.6 Å². The highest BCUT2D eigenvalue weighted by molar-refractivity contribution is 6.32. The maximum absolute atomic E-state index is 10.6. The fraction of sp³-hybridized carbons (Fsp3) is 0.250. The van der Waals surface area contributed by atoms with E-state index in [0.717, 1.165) is 12.1 Å². The molecule has 0 amide bonds. The lowest BCUT2D eigenvalue weighted by atomic mass is 10.2. The second-order valence-electron chi connectivity index (χ2n) is 7.06. The molecule has 0 atom stereocenters. The molecule has 0 spiro atoms. The number of benzene rings is 2. The maximum Gasteiger partial charge on any atom is 0.341 e. The first-order valence-electron chi connectivity index (χ1n) is 10.5. The lowest BCUT2D eigenvalue weighted by Gasteiger charge is -2.22. The summed E-state index contributed by atoms with van der Waals surface area (Å²) in [5.41, 5.74) is 4.63. The number of hydrazine groups is 1. The van der Waals surface area contributed by atoms with Gasteiger partial charge in [-0.2, -0.15) is 10.2 Å². The van der Waals surface area contributed by atoms with Crippen molar-refractivity contribution in [1.82, 2.24) is 5.43 Å². The molecule has 180 valence electrons. The first-order chi connectivity index (χ1) is 16.5. The highest BCUT2D eigenvalue weighted by atomic mass is 35.5. The third-order valence-electron chi connectivity index (χ3n) is 4.52. The Hall–Kier alpha value is -3.20. The van der Waals surface area contributed by atoms with Gasteiger partial charge in [0.25, 0.3) is 0 Å². The van der Waals surface area contributed by atoms with Crippen molar-refractivity contribution in [2.45, 2.75) is 12.8 Å².